The van der Waals surface area contributed by atoms with Crippen LogP contribution in [0.1, 0.15) is 5.56 Å². The maximum Gasteiger partial charge on any atom is 0.490 e. The number of rotatable bonds is 7. The number of amides is 1. The van der Waals surface area contributed by atoms with Gasteiger partial charge in [-0.15, -0.1) is 0 Å². The molecule has 7 nitrogen and oxygen atoms in total. The van der Waals surface area contributed by atoms with Gasteiger partial charge >= 0.3 is 12.1 Å². The van der Waals surface area contributed by atoms with Gasteiger partial charge in [0.15, 0.2) is 6.23 Å². The first-order valence-corrected chi connectivity index (χ1v) is 8.15. The Bertz CT molecular complexity index is 815. The minimum Gasteiger partial charge on any atom is -0.437 e. The van der Waals surface area contributed by atoms with Crippen molar-refractivity contribution in [2.24, 2.45) is 5.73 Å². The predicted molar refractivity (Wildman–Crippen MR) is 92.5 cm³/mol. The summed E-state index contributed by atoms with van der Waals surface area (Å²) >= 11 is 0. The van der Waals surface area contributed by atoms with Gasteiger partial charge in [0, 0.05) is 18.3 Å². The lowest BCUT2D eigenvalue weighted by molar-refractivity contribution is -0.208. The van der Waals surface area contributed by atoms with Crippen molar-refractivity contribution in [1.29, 1.82) is 0 Å². The third kappa shape index (κ3) is 6.32. The molecule has 28 heavy (non-hydrogen) atoms. The Labute approximate surface area is 158 Å². The number of alkyl halides is 3. The molecule has 2 rings (SSSR count). The van der Waals surface area contributed by atoms with Crippen LogP contribution in [0.3, 0.4) is 0 Å². The average molecular weight is 397 g/mol. The maximum absolute atomic E-state index is 12.1. The van der Waals surface area contributed by atoms with E-state index in [1.807, 2.05) is 18.2 Å². The van der Waals surface area contributed by atoms with Gasteiger partial charge in [0.05, 0.1) is 12.1 Å². The smallest absolute Gasteiger partial charge is 0.437 e. The largest absolute Gasteiger partial charge is 0.490 e. The van der Waals surface area contributed by atoms with Gasteiger partial charge in [-0.1, -0.05) is 24.3 Å². The van der Waals surface area contributed by atoms with Gasteiger partial charge in [0.25, 0.3) is 0 Å². The summed E-state index contributed by atoms with van der Waals surface area (Å²) in [5, 5.41) is 12.0. The van der Waals surface area contributed by atoms with Crippen molar-refractivity contribution in [2.75, 3.05) is 6.54 Å². The van der Waals surface area contributed by atoms with E-state index in [-0.39, 0.29) is 6.42 Å². The van der Waals surface area contributed by atoms with Crippen molar-refractivity contribution in [3.63, 3.8) is 0 Å². The molecule has 2 aromatic rings. The first-order valence-electron chi connectivity index (χ1n) is 8.15. The first kappa shape index (κ1) is 21.3. The second-order valence-electron chi connectivity index (χ2n) is 5.83. The summed E-state index contributed by atoms with van der Waals surface area (Å²) in [5.74, 6) is -3.01. The molecule has 1 aromatic heterocycles. The van der Waals surface area contributed by atoms with Crippen molar-refractivity contribution in [2.45, 2.75) is 24.9 Å². The number of aliphatic hydroxyl groups is 1. The minimum absolute atomic E-state index is 0.0367. The number of halogens is 3. The second kappa shape index (κ2) is 9.29. The van der Waals surface area contributed by atoms with Crippen molar-refractivity contribution >= 4 is 11.9 Å². The number of aromatic nitrogens is 1. The number of pyridine rings is 1. The SMILES string of the molecule is NC(OC(=O)C(F)(F)F)C(O)CNC(=O)Cc1cccc(-c2ccccn2)c1. The van der Waals surface area contributed by atoms with E-state index in [2.05, 4.69) is 15.0 Å². The van der Waals surface area contributed by atoms with E-state index in [0.717, 1.165) is 11.3 Å². The van der Waals surface area contributed by atoms with Crippen LogP contribution in [0.5, 0.6) is 0 Å². The summed E-state index contributed by atoms with van der Waals surface area (Å²) in [7, 11) is 0. The summed E-state index contributed by atoms with van der Waals surface area (Å²) in [5.41, 5.74) is 7.40. The molecule has 2 atom stereocenters. The second-order valence-corrected chi connectivity index (χ2v) is 5.83. The van der Waals surface area contributed by atoms with Crippen LogP contribution in [0, 0.1) is 0 Å². The van der Waals surface area contributed by atoms with Gasteiger partial charge in [-0.05, 0) is 23.8 Å². The molecular formula is C18H18F3N3O4. The highest BCUT2D eigenvalue weighted by atomic mass is 19.4. The molecule has 0 aliphatic carbocycles. The molecule has 0 spiro atoms. The molecule has 1 aromatic carbocycles. The highest BCUT2D eigenvalue weighted by molar-refractivity contribution is 5.79. The van der Waals surface area contributed by atoms with E-state index in [4.69, 9.17) is 5.73 Å². The van der Waals surface area contributed by atoms with E-state index >= 15 is 0 Å². The molecule has 0 aliphatic heterocycles. The minimum atomic E-state index is -5.22. The number of ether oxygens (including phenoxy) is 1. The highest BCUT2D eigenvalue weighted by Crippen LogP contribution is 2.18. The monoisotopic (exact) mass is 397 g/mol. The Morgan fingerprint density at radius 1 is 1.21 bits per heavy atom. The number of nitrogens with zero attached hydrogens (tertiary/aromatic N) is 1. The zero-order chi connectivity index (χ0) is 20.7. The summed E-state index contributed by atoms with van der Waals surface area (Å²) in [4.78, 5) is 26.9. The molecule has 0 saturated heterocycles. The number of benzene rings is 1. The van der Waals surface area contributed by atoms with Gasteiger partial charge in [-0.3, -0.25) is 15.5 Å². The molecule has 4 N–H and O–H groups in total. The van der Waals surface area contributed by atoms with Crippen LogP contribution in [0.4, 0.5) is 13.2 Å². The van der Waals surface area contributed by atoms with Crippen LogP contribution in [0.2, 0.25) is 0 Å². The van der Waals surface area contributed by atoms with Gasteiger partial charge in [0.1, 0.15) is 6.10 Å². The van der Waals surface area contributed by atoms with Crippen molar-refractivity contribution in [3.05, 3.63) is 54.2 Å². The van der Waals surface area contributed by atoms with Crippen molar-refractivity contribution in [3.8, 4) is 11.3 Å². The Morgan fingerprint density at radius 2 is 1.96 bits per heavy atom. The van der Waals surface area contributed by atoms with Crippen LogP contribution in [-0.4, -0.2) is 47.0 Å². The Balaban J connectivity index is 1.86. The molecule has 0 fully saturated rings. The summed E-state index contributed by atoms with van der Waals surface area (Å²) in [6, 6.07) is 12.5. The van der Waals surface area contributed by atoms with E-state index in [1.165, 1.54) is 0 Å². The fourth-order valence-electron chi connectivity index (χ4n) is 2.23. The summed E-state index contributed by atoms with van der Waals surface area (Å²) in [6.45, 7) is -0.481. The van der Waals surface area contributed by atoms with Gasteiger partial charge in [0.2, 0.25) is 5.91 Å². The van der Waals surface area contributed by atoms with Gasteiger partial charge < -0.3 is 15.2 Å². The molecule has 0 aliphatic rings. The molecule has 0 saturated carbocycles. The van der Waals surface area contributed by atoms with E-state index in [9.17, 15) is 27.9 Å². The quantitative estimate of drug-likeness (QED) is 0.477. The Morgan fingerprint density at radius 3 is 2.61 bits per heavy atom. The zero-order valence-electron chi connectivity index (χ0n) is 14.5. The molecule has 10 heteroatoms. The number of nitrogens with two attached hydrogens (primary N) is 1. The maximum atomic E-state index is 12.1. The van der Waals surface area contributed by atoms with E-state index in [0.29, 0.717) is 5.56 Å². The lowest BCUT2D eigenvalue weighted by Crippen LogP contribution is -2.47. The van der Waals surface area contributed by atoms with Crippen LogP contribution < -0.4 is 11.1 Å². The molecular weight excluding hydrogens is 379 g/mol. The van der Waals surface area contributed by atoms with Gasteiger partial charge in [-0.2, -0.15) is 13.2 Å². The van der Waals surface area contributed by atoms with E-state index < -0.39 is 36.9 Å². The lowest BCUT2D eigenvalue weighted by Gasteiger charge is -2.20. The number of carbonyl (C=O) groups is 2. The number of nitrogens with one attached hydrogen (secondary N) is 1. The Hall–Kier alpha value is -2.98. The van der Waals surface area contributed by atoms with Crippen LogP contribution in [0.25, 0.3) is 11.3 Å². The molecule has 150 valence electrons. The predicted octanol–water partition coefficient (Wildman–Crippen LogP) is 1.16. The normalized spacial score (nSPS) is 13.5. The molecule has 1 heterocycles. The standard InChI is InChI=1S/C18H18F3N3O4/c19-18(20,21)17(27)28-16(22)14(25)10-24-15(26)9-11-4-3-5-12(8-11)13-6-1-2-7-23-13/h1-8,14,16,25H,9-10,22H2,(H,24,26). The first-order chi connectivity index (χ1) is 13.2. The fraction of sp³-hybridized carbons (Fsp3) is 0.278. The van der Waals surface area contributed by atoms with Crippen molar-refractivity contribution < 1.29 is 32.6 Å². The third-order valence-corrected chi connectivity index (χ3v) is 3.61. The summed E-state index contributed by atoms with van der Waals surface area (Å²) in [6.07, 6.45) is -7.24. The zero-order valence-corrected chi connectivity index (χ0v) is 14.5. The Kier molecular flexibility index (Phi) is 7.07. The van der Waals surface area contributed by atoms with Crippen LogP contribution in [0.15, 0.2) is 48.7 Å². The van der Waals surface area contributed by atoms with Crippen LogP contribution in [-0.2, 0) is 20.7 Å². The number of carbonyl (C=O) groups excluding carboxylic acids is 2. The summed E-state index contributed by atoms with van der Waals surface area (Å²) < 4.78 is 40.2. The van der Waals surface area contributed by atoms with E-state index in [1.54, 1.807) is 30.5 Å². The average Bonchev–Trinajstić information content (AvgIpc) is 2.66. The molecule has 0 bridgehead atoms. The number of hydrogen-bond donors (Lipinski definition) is 3. The van der Waals surface area contributed by atoms with Crippen LogP contribution >= 0.6 is 0 Å². The third-order valence-electron chi connectivity index (χ3n) is 3.61. The molecule has 2 unspecified atom stereocenters. The molecule has 1 amide bonds. The number of esters is 1. The fourth-order valence-corrected chi connectivity index (χ4v) is 2.23. The lowest BCUT2D eigenvalue weighted by atomic mass is 10.1. The molecule has 0 radical (unpaired) electrons. The van der Waals surface area contributed by atoms with Crippen molar-refractivity contribution in [1.82, 2.24) is 10.3 Å². The highest BCUT2D eigenvalue weighted by Gasteiger charge is 2.42. The topological polar surface area (TPSA) is 115 Å². The number of hydrogen-bond acceptors (Lipinski definition) is 6. The number of aliphatic hydroxyl groups excluding tert-OH is 1. The van der Waals surface area contributed by atoms with Gasteiger partial charge in [-0.25, -0.2) is 4.79 Å².